The molecule has 6 heteroatoms. The summed E-state index contributed by atoms with van der Waals surface area (Å²) >= 11 is 0. The lowest BCUT2D eigenvalue weighted by Gasteiger charge is -2.08. The van der Waals surface area contributed by atoms with Crippen molar-refractivity contribution in [2.75, 3.05) is 7.11 Å². The number of nitrogens with one attached hydrogen (secondary N) is 1. The van der Waals surface area contributed by atoms with Crippen LogP contribution in [0.1, 0.15) is 32.1 Å². The number of benzene rings is 1. The Balaban J connectivity index is 2.10. The molecule has 0 aliphatic carbocycles. The van der Waals surface area contributed by atoms with Crippen LogP contribution >= 0.6 is 0 Å². The zero-order valence-corrected chi connectivity index (χ0v) is 12.4. The first-order valence-electron chi connectivity index (χ1n) is 6.69. The number of amides is 2. The number of nitrogens with two attached hydrogens (primary N) is 1. The maximum Gasteiger partial charge on any atom is 0.267 e. The number of hydrogen-bond acceptors (Lipinski definition) is 4. The Morgan fingerprint density at radius 1 is 1.27 bits per heavy atom. The highest BCUT2D eigenvalue weighted by molar-refractivity contribution is 5.98. The van der Waals surface area contributed by atoms with Gasteiger partial charge in [-0.05, 0) is 36.8 Å². The predicted octanol–water partition coefficient (Wildman–Crippen LogP) is 1.43. The summed E-state index contributed by atoms with van der Waals surface area (Å²) in [6.07, 6.45) is 0. The van der Waals surface area contributed by atoms with E-state index in [4.69, 9.17) is 10.5 Å². The maximum atomic E-state index is 12.2. The summed E-state index contributed by atoms with van der Waals surface area (Å²) in [6, 6.07) is 10.4. The number of hydrogen-bond donors (Lipinski definition) is 2. The highest BCUT2D eigenvalue weighted by Crippen LogP contribution is 2.12. The van der Waals surface area contributed by atoms with E-state index in [-0.39, 0.29) is 11.6 Å². The van der Waals surface area contributed by atoms with E-state index in [0.29, 0.717) is 17.8 Å². The molecule has 0 radical (unpaired) electrons. The number of nitrogens with zero attached hydrogens (tertiary/aromatic N) is 1. The van der Waals surface area contributed by atoms with Gasteiger partial charge >= 0.3 is 0 Å². The fraction of sp³-hybridized carbons (Fsp3) is 0.188. The molecule has 114 valence electrons. The summed E-state index contributed by atoms with van der Waals surface area (Å²) in [5, 5.41) is 2.79. The van der Waals surface area contributed by atoms with Crippen LogP contribution < -0.4 is 15.8 Å². The molecule has 0 bridgehead atoms. The fourth-order valence-electron chi connectivity index (χ4n) is 1.99. The SMILES string of the molecule is COc1cccc(CNC(=O)c2cc(C)nc(C(N)=O)c2)c1. The van der Waals surface area contributed by atoms with Gasteiger partial charge in [0.1, 0.15) is 11.4 Å². The second-order valence-corrected chi connectivity index (χ2v) is 4.78. The summed E-state index contributed by atoms with van der Waals surface area (Å²) < 4.78 is 5.13. The van der Waals surface area contributed by atoms with Gasteiger partial charge in [0.2, 0.25) is 0 Å². The molecular formula is C16H17N3O3. The minimum atomic E-state index is -0.662. The third-order valence-corrected chi connectivity index (χ3v) is 3.06. The van der Waals surface area contributed by atoms with Crippen molar-refractivity contribution in [2.45, 2.75) is 13.5 Å². The van der Waals surface area contributed by atoms with Gasteiger partial charge in [-0.25, -0.2) is 4.98 Å². The number of aromatic nitrogens is 1. The number of aryl methyl sites for hydroxylation is 1. The van der Waals surface area contributed by atoms with Gasteiger partial charge < -0.3 is 15.8 Å². The molecule has 0 saturated carbocycles. The van der Waals surface area contributed by atoms with Crippen LogP contribution in [0.4, 0.5) is 0 Å². The Bertz CT molecular complexity index is 714. The first-order valence-corrected chi connectivity index (χ1v) is 6.69. The van der Waals surface area contributed by atoms with Crippen LogP contribution in [0.25, 0.3) is 0 Å². The zero-order valence-electron chi connectivity index (χ0n) is 12.4. The second-order valence-electron chi connectivity index (χ2n) is 4.78. The highest BCUT2D eigenvalue weighted by atomic mass is 16.5. The number of rotatable bonds is 5. The molecule has 3 N–H and O–H groups in total. The average molecular weight is 299 g/mol. The van der Waals surface area contributed by atoms with E-state index in [9.17, 15) is 9.59 Å². The van der Waals surface area contributed by atoms with Crippen LogP contribution in [0, 0.1) is 6.92 Å². The van der Waals surface area contributed by atoms with E-state index in [2.05, 4.69) is 10.3 Å². The molecule has 0 aliphatic rings. The summed E-state index contributed by atoms with van der Waals surface area (Å²) in [6.45, 7) is 2.05. The van der Waals surface area contributed by atoms with Gasteiger partial charge in [-0.1, -0.05) is 12.1 Å². The van der Waals surface area contributed by atoms with E-state index in [1.165, 1.54) is 6.07 Å². The minimum Gasteiger partial charge on any atom is -0.497 e. The van der Waals surface area contributed by atoms with Gasteiger partial charge in [0.25, 0.3) is 11.8 Å². The van der Waals surface area contributed by atoms with Gasteiger partial charge in [0.05, 0.1) is 7.11 Å². The molecule has 0 fully saturated rings. The predicted molar refractivity (Wildman–Crippen MR) is 81.7 cm³/mol. The zero-order chi connectivity index (χ0) is 16.1. The Morgan fingerprint density at radius 2 is 2.05 bits per heavy atom. The summed E-state index contributed by atoms with van der Waals surface area (Å²) in [5.41, 5.74) is 7.10. The number of carbonyl (C=O) groups excluding carboxylic acids is 2. The van der Waals surface area contributed by atoms with Crippen molar-refractivity contribution in [1.29, 1.82) is 0 Å². The molecule has 0 aliphatic heterocycles. The summed E-state index contributed by atoms with van der Waals surface area (Å²) in [7, 11) is 1.59. The third-order valence-electron chi connectivity index (χ3n) is 3.06. The van der Waals surface area contributed by atoms with E-state index >= 15 is 0 Å². The summed E-state index contributed by atoms with van der Waals surface area (Å²) in [5.74, 6) is -0.233. The number of carbonyl (C=O) groups is 2. The molecule has 0 saturated heterocycles. The van der Waals surface area contributed by atoms with E-state index < -0.39 is 5.91 Å². The smallest absolute Gasteiger partial charge is 0.267 e. The van der Waals surface area contributed by atoms with Crippen molar-refractivity contribution < 1.29 is 14.3 Å². The Hall–Kier alpha value is -2.89. The highest BCUT2D eigenvalue weighted by Gasteiger charge is 2.11. The van der Waals surface area contributed by atoms with Gasteiger partial charge in [-0.3, -0.25) is 9.59 Å². The maximum absolute atomic E-state index is 12.2. The lowest BCUT2D eigenvalue weighted by Crippen LogP contribution is -2.24. The van der Waals surface area contributed by atoms with Crippen LogP contribution in [0.3, 0.4) is 0 Å². The second kappa shape index (κ2) is 6.71. The van der Waals surface area contributed by atoms with Gasteiger partial charge in [0.15, 0.2) is 0 Å². The van der Waals surface area contributed by atoms with Crippen molar-refractivity contribution in [3.8, 4) is 5.75 Å². The molecule has 1 heterocycles. The van der Waals surface area contributed by atoms with Gasteiger partial charge in [0, 0.05) is 17.8 Å². The van der Waals surface area contributed by atoms with Crippen molar-refractivity contribution in [1.82, 2.24) is 10.3 Å². The van der Waals surface area contributed by atoms with Crippen LogP contribution in [-0.2, 0) is 6.54 Å². The topological polar surface area (TPSA) is 94.3 Å². The first-order chi connectivity index (χ1) is 10.5. The number of methoxy groups -OCH3 is 1. The number of primary amides is 1. The molecule has 2 rings (SSSR count). The van der Waals surface area contributed by atoms with Crippen molar-refractivity contribution in [3.05, 3.63) is 58.9 Å². The fourth-order valence-corrected chi connectivity index (χ4v) is 1.99. The molecule has 0 atom stereocenters. The summed E-state index contributed by atoms with van der Waals surface area (Å²) in [4.78, 5) is 27.4. The number of ether oxygens (including phenoxy) is 1. The molecular weight excluding hydrogens is 282 g/mol. The van der Waals surface area contributed by atoms with Crippen LogP contribution in [0.2, 0.25) is 0 Å². The monoisotopic (exact) mass is 299 g/mol. The van der Waals surface area contributed by atoms with Crippen molar-refractivity contribution in [2.24, 2.45) is 5.73 Å². The van der Waals surface area contributed by atoms with E-state index in [0.717, 1.165) is 11.3 Å². The Kier molecular flexibility index (Phi) is 4.73. The van der Waals surface area contributed by atoms with E-state index in [1.54, 1.807) is 20.1 Å². The molecule has 1 aromatic carbocycles. The molecule has 1 aromatic heterocycles. The Morgan fingerprint density at radius 3 is 2.73 bits per heavy atom. The van der Waals surface area contributed by atoms with Gasteiger partial charge in [-0.15, -0.1) is 0 Å². The lowest BCUT2D eigenvalue weighted by molar-refractivity contribution is 0.0950. The number of pyridine rings is 1. The molecule has 22 heavy (non-hydrogen) atoms. The van der Waals surface area contributed by atoms with Gasteiger partial charge in [-0.2, -0.15) is 0 Å². The molecule has 2 aromatic rings. The van der Waals surface area contributed by atoms with Crippen LogP contribution in [-0.4, -0.2) is 23.9 Å². The first kappa shape index (κ1) is 15.5. The minimum absolute atomic E-state index is 0.0755. The molecule has 0 unspecified atom stereocenters. The van der Waals surface area contributed by atoms with E-state index in [1.807, 2.05) is 24.3 Å². The largest absolute Gasteiger partial charge is 0.497 e. The van der Waals surface area contributed by atoms with Crippen molar-refractivity contribution in [3.63, 3.8) is 0 Å². The molecule has 0 spiro atoms. The standard InChI is InChI=1S/C16H17N3O3/c1-10-6-12(8-14(19-10)15(17)20)16(21)18-9-11-4-3-5-13(7-11)22-2/h3-8H,9H2,1-2H3,(H2,17,20)(H,18,21). The molecule has 2 amide bonds. The lowest BCUT2D eigenvalue weighted by atomic mass is 10.1. The third kappa shape index (κ3) is 3.82. The van der Waals surface area contributed by atoms with Crippen LogP contribution in [0.15, 0.2) is 36.4 Å². The normalized spacial score (nSPS) is 10.1. The van der Waals surface area contributed by atoms with Crippen molar-refractivity contribution >= 4 is 11.8 Å². The molecule has 6 nitrogen and oxygen atoms in total. The Labute approximate surface area is 128 Å². The van der Waals surface area contributed by atoms with Crippen LogP contribution in [0.5, 0.6) is 5.75 Å². The average Bonchev–Trinajstić information content (AvgIpc) is 2.52. The quantitative estimate of drug-likeness (QED) is 0.873.